The normalized spacial score (nSPS) is 18.6. The minimum absolute atomic E-state index is 0.00917. The molecule has 1 saturated heterocycles. The van der Waals surface area contributed by atoms with Crippen LogP contribution in [0.15, 0.2) is 52.5 Å². The molecular weight excluding hydrogens is 482 g/mol. The average molecular weight is 504 g/mol. The Hall–Kier alpha value is -3.20. The van der Waals surface area contributed by atoms with Crippen molar-refractivity contribution in [2.75, 3.05) is 0 Å². The predicted molar refractivity (Wildman–Crippen MR) is 120 cm³/mol. The minimum Gasteiger partial charge on any atom is -0.488 e. The van der Waals surface area contributed by atoms with Gasteiger partial charge in [-0.05, 0) is 57.4 Å². The lowest BCUT2D eigenvalue weighted by molar-refractivity contribution is -0.384. The van der Waals surface area contributed by atoms with Crippen molar-refractivity contribution in [3.8, 4) is 5.75 Å². The summed E-state index contributed by atoms with van der Waals surface area (Å²) in [6.45, 7) is 7.21. The Morgan fingerprint density at radius 3 is 2.19 bits per heavy atom. The highest BCUT2D eigenvalue weighted by molar-refractivity contribution is 9.10. The molecule has 8 nitrogen and oxygen atoms in total. The van der Waals surface area contributed by atoms with Gasteiger partial charge < -0.3 is 14.2 Å². The summed E-state index contributed by atoms with van der Waals surface area (Å²) in [5, 5.41) is 10.7. The van der Waals surface area contributed by atoms with Gasteiger partial charge in [0.05, 0.1) is 9.40 Å². The van der Waals surface area contributed by atoms with Crippen LogP contribution >= 0.6 is 15.9 Å². The number of ether oxygens (including phenoxy) is 3. The average Bonchev–Trinajstić information content (AvgIpc) is 2.69. The fourth-order valence-corrected chi connectivity index (χ4v) is 3.27. The largest absolute Gasteiger partial charge is 0.488 e. The smallest absolute Gasteiger partial charge is 0.348 e. The molecule has 0 aromatic heterocycles. The van der Waals surface area contributed by atoms with Gasteiger partial charge in [-0.1, -0.05) is 26.8 Å². The first-order valence-electron chi connectivity index (χ1n) is 9.74. The third kappa shape index (κ3) is 4.99. The standard InChI is InChI=1S/C23H22BrNO7/c1-22(2,3)23(4)31-20(26)17(21(27)32-23)11-15-7-10-19(18(24)12-15)30-13-14-5-8-16(9-6-14)25(28)29/h5-12H,13H2,1-4H3. The summed E-state index contributed by atoms with van der Waals surface area (Å²) in [5.41, 5.74) is 0.564. The van der Waals surface area contributed by atoms with Crippen LogP contribution in [-0.4, -0.2) is 22.6 Å². The van der Waals surface area contributed by atoms with Crippen molar-refractivity contribution in [2.45, 2.75) is 40.1 Å². The zero-order valence-corrected chi connectivity index (χ0v) is 19.6. The van der Waals surface area contributed by atoms with E-state index in [0.717, 1.165) is 5.56 Å². The van der Waals surface area contributed by atoms with Gasteiger partial charge in [-0.25, -0.2) is 9.59 Å². The number of hydrogen-bond donors (Lipinski definition) is 0. The number of rotatable bonds is 5. The summed E-state index contributed by atoms with van der Waals surface area (Å²) >= 11 is 3.41. The second-order valence-electron chi connectivity index (χ2n) is 8.43. The third-order valence-electron chi connectivity index (χ3n) is 5.19. The van der Waals surface area contributed by atoms with Crippen molar-refractivity contribution in [3.63, 3.8) is 0 Å². The maximum Gasteiger partial charge on any atom is 0.348 e. The van der Waals surface area contributed by atoms with Crippen molar-refractivity contribution in [1.29, 1.82) is 0 Å². The van der Waals surface area contributed by atoms with E-state index in [1.54, 1.807) is 37.3 Å². The Morgan fingerprint density at radius 2 is 1.69 bits per heavy atom. The Bertz CT molecular complexity index is 1080. The molecule has 0 N–H and O–H groups in total. The molecule has 1 heterocycles. The summed E-state index contributed by atoms with van der Waals surface area (Å²) in [4.78, 5) is 35.2. The highest BCUT2D eigenvalue weighted by Gasteiger charge is 2.50. The van der Waals surface area contributed by atoms with Crippen LogP contribution < -0.4 is 4.74 Å². The molecule has 3 rings (SSSR count). The van der Waals surface area contributed by atoms with Gasteiger partial charge in [0.1, 0.15) is 17.9 Å². The van der Waals surface area contributed by atoms with E-state index >= 15 is 0 Å². The van der Waals surface area contributed by atoms with Gasteiger partial charge in [0.15, 0.2) is 0 Å². The highest BCUT2D eigenvalue weighted by Crippen LogP contribution is 2.39. The number of nitro benzene ring substituents is 1. The van der Waals surface area contributed by atoms with Crippen molar-refractivity contribution < 1.29 is 28.7 Å². The Labute approximate surface area is 193 Å². The molecule has 0 unspecified atom stereocenters. The number of carbonyl (C=O) groups excluding carboxylic acids is 2. The Balaban J connectivity index is 1.72. The van der Waals surface area contributed by atoms with Gasteiger partial charge in [-0.15, -0.1) is 0 Å². The number of hydrogen-bond acceptors (Lipinski definition) is 7. The van der Waals surface area contributed by atoms with Crippen molar-refractivity contribution >= 4 is 39.6 Å². The first kappa shape index (κ1) is 23.5. The SMILES string of the molecule is CC(C)(C)C1(C)OC(=O)C(=Cc2ccc(OCc3ccc([N+](=O)[O-])cc3)c(Br)c2)C(=O)O1. The molecule has 1 fully saturated rings. The van der Waals surface area contributed by atoms with E-state index in [1.807, 2.05) is 20.8 Å². The van der Waals surface area contributed by atoms with Crippen LogP contribution in [0.25, 0.3) is 6.08 Å². The van der Waals surface area contributed by atoms with Crippen LogP contribution in [-0.2, 0) is 25.7 Å². The van der Waals surface area contributed by atoms with Crippen LogP contribution in [0.4, 0.5) is 5.69 Å². The van der Waals surface area contributed by atoms with Gasteiger partial charge in [0, 0.05) is 24.5 Å². The second kappa shape index (κ2) is 8.74. The summed E-state index contributed by atoms with van der Waals surface area (Å²) in [5.74, 6) is -2.31. The monoisotopic (exact) mass is 503 g/mol. The fraction of sp³-hybridized carbons (Fsp3) is 0.304. The molecule has 2 aromatic rings. The van der Waals surface area contributed by atoms with E-state index < -0.39 is 28.1 Å². The van der Waals surface area contributed by atoms with E-state index in [-0.39, 0.29) is 17.9 Å². The molecule has 0 amide bonds. The molecule has 32 heavy (non-hydrogen) atoms. The maximum atomic E-state index is 12.5. The fourth-order valence-electron chi connectivity index (χ4n) is 2.76. The van der Waals surface area contributed by atoms with Crippen LogP contribution in [0.1, 0.15) is 38.8 Å². The molecule has 0 atom stereocenters. The molecule has 0 saturated carbocycles. The van der Waals surface area contributed by atoms with Crippen LogP contribution in [0.2, 0.25) is 0 Å². The molecule has 1 aliphatic rings. The van der Waals surface area contributed by atoms with Crippen LogP contribution in [0, 0.1) is 15.5 Å². The van der Waals surface area contributed by atoms with E-state index in [9.17, 15) is 19.7 Å². The minimum atomic E-state index is -1.35. The molecule has 168 valence electrons. The zero-order chi connectivity index (χ0) is 23.7. The molecule has 2 aromatic carbocycles. The zero-order valence-electron chi connectivity index (χ0n) is 18.0. The number of cyclic esters (lactones) is 2. The maximum absolute atomic E-state index is 12.5. The van der Waals surface area contributed by atoms with Crippen molar-refractivity contribution in [3.05, 3.63) is 73.8 Å². The third-order valence-corrected chi connectivity index (χ3v) is 5.81. The lowest BCUT2D eigenvalue weighted by Gasteiger charge is -2.42. The van der Waals surface area contributed by atoms with E-state index in [1.165, 1.54) is 18.2 Å². The van der Waals surface area contributed by atoms with Crippen molar-refractivity contribution in [1.82, 2.24) is 0 Å². The Morgan fingerprint density at radius 1 is 1.09 bits per heavy atom. The molecule has 0 bridgehead atoms. The first-order valence-corrected chi connectivity index (χ1v) is 10.5. The quantitative estimate of drug-likeness (QED) is 0.182. The van der Waals surface area contributed by atoms with Gasteiger partial charge in [-0.2, -0.15) is 0 Å². The van der Waals surface area contributed by atoms with E-state index in [4.69, 9.17) is 14.2 Å². The molecule has 0 radical (unpaired) electrons. The number of nitrogens with zero attached hydrogens (tertiary/aromatic N) is 1. The van der Waals surface area contributed by atoms with Crippen LogP contribution in [0.5, 0.6) is 5.75 Å². The summed E-state index contributed by atoms with van der Waals surface area (Å²) in [6.07, 6.45) is 1.40. The topological polar surface area (TPSA) is 105 Å². The summed E-state index contributed by atoms with van der Waals surface area (Å²) in [7, 11) is 0. The molecule has 1 aliphatic heterocycles. The van der Waals surface area contributed by atoms with Crippen molar-refractivity contribution in [2.24, 2.45) is 5.41 Å². The van der Waals surface area contributed by atoms with Gasteiger partial charge in [0.25, 0.3) is 11.5 Å². The molecule has 0 spiro atoms. The number of benzene rings is 2. The van der Waals surface area contributed by atoms with Crippen LogP contribution in [0.3, 0.4) is 0 Å². The number of carbonyl (C=O) groups is 2. The van der Waals surface area contributed by atoms with E-state index in [2.05, 4.69) is 15.9 Å². The highest BCUT2D eigenvalue weighted by atomic mass is 79.9. The van der Waals surface area contributed by atoms with Gasteiger partial charge in [-0.3, -0.25) is 10.1 Å². The summed E-state index contributed by atoms with van der Waals surface area (Å²) in [6, 6.07) is 11.1. The number of nitro groups is 1. The lowest BCUT2D eigenvalue weighted by Crippen LogP contribution is -2.52. The van der Waals surface area contributed by atoms with Gasteiger partial charge >= 0.3 is 11.9 Å². The molecule has 0 aliphatic carbocycles. The summed E-state index contributed by atoms with van der Waals surface area (Å²) < 4.78 is 17.2. The first-order chi connectivity index (χ1) is 14.9. The molecule has 9 heteroatoms. The number of esters is 2. The lowest BCUT2D eigenvalue weighted by atomic mass is 9.85. The predicted octanol–water partition coefficient (Wildman–Crippen LogP) is 5.18. The van der Waals surface area contributed by atoms with E-state index in [0.29, 0.717) is 15.8 Å². The number of non-ortho nitro benzene ring substituents is 1. The number of halogens is 1. The second-order valence-corrected chi connectivity index (χ2v) is 9.29. The Kier molecular flexibility index (Phi) is 6.41. The van der Waals surface area contributed by atoms with Gasteiger partial charge in [0.2, 0.25) is 0 Å². The molecular formula is C23H22BrNO7.